The summed E-state index contributed by atoms with van der Waals surface area (Å²) < 4.78 is 26.8. The number of sulfonamides is 1. The molecule has 0 saturated carbocycles. The normalized spacial score (nSPS) is 14.0. The monoisotopic (exact) mass is 404 g/mol. The van der Waals surface area contributed by atoms with E-state index in [1.165, 1.54) is 40.8 Å². The van der Waals surface area contributed by atoms with Gasteiger partial charge in [0.15, 0.2) is 5.13 Å². The molecule has 142 valence electrons. The van der Waals surface area contributed by atoms with E-state index >= 15 is 0 Å². The molecule has 0 bridgehead atoms. The van der Waals surface area contributed by atoms with E-state index in [1.807, 2.05) is 6.07 Å². The molecule has 9 heteroatoms. The maximum Gasteiger partial charge on any atom is 0.257 e. The van der Waals surface area contributed by atoms with Crippen LogP contribution in [0.4, 0.5) is 5.13 Å². The Morgan fingerprint density at radius 2 is 2.07 bits per heavy atom. The Kier molecular flexibility index (Phi) is 6.21. The first-order chi connectivity index (χ1) is 13.0. The highest BCUT2D eigenvalue weighted by atomic mass is 32.2. The molecule has 7 nitrogen and oxygen atoms in total. The van der Waals surface area contributed by atoms with Crippen LogP contribution < -0.4 is 10.0 Å². The lowest BCUT2D eigenvalue weighted by Crippen LogP contribution is -2.25. The lowest BCUT2D eigenvalue weighted by atomic mass is 10.2. The van der Waals surface area contributed by atoms with Crippen LogP contribution in [-0.2, 0) is 22.9 Å². The van der Waals surface area contributed by atoms with E-state index in [1.54, 1.807) is 6.07 Å². The second-order valence-electron chi connectivity index (χ2n) is 6.24. The van der Waals surface area contributed by atoms with Crippen LogP contribution >= 0.6 is 11.3 Å². The summed E-state index contributed by atoms with van der Waals surface area (Å²) in [6, 6.07) is 7.69. The predicted molar refractivity (Wildman–Crippen MR) is 103 cm³/mol. The summed E-state index contributed by atoms with van der Waals surface area (Å²) in [5, 5.41) is 11.8. The first kappa shape index (κ1) is 19.5. The molecule has 0 fully saturated rings. The zero-order valence-corrected chi connectivity index (χ0v) is 16.3. The van der Waals surface area contributed by atoms with Crippen LogP contribution in [0, 0.1) is 11.3 Å². The van der Waals surface area contributed by atoms with Crippen molar-refractivity contribution in [1.29, 1.82) is 5.26 Å². The number of nitriles is 1. The van der Waals surface area contributed by atoms with E-state index < -0.39 is 15.9 Å². The fraction of sp³-hybridized carbons (Fsp3) is 0.389. The predicted octanol–water partition coefficient (Wildman–Crippen LogP) is 2.86. The number of hydrogen-bond donors (Lipinski definition) is 2. The highest BCUT2D eigenvalue weighted by molar-refractivity contribution is 7.89. The maximum absolute atomic E-state index is 12.5. The van der Waals surface area contributed by atoms with Crippen molar-refractivity contribution in [2.45, 2.75) is 43.4 Å². The number of benzene rings is 1. The van der Waals surface area contributed by atoms with Crippen LogP contribution in [0.3, 0.4) is 0 Å². The highest BCUT2D eigenvalue weighted by Gasteiger charge is 2.18. The molecule has 0 radical (unpaired) electrons. The topological polar surface area (TPSA) is 112 Å². The van der Waals surface area contributed by atoms with Crippen molar-refractivity contribution >= 4 is 32.4 Å². The molecular weight excluding hydrogens is 384 g/mol. The number of thiazole rings is 1. The van der Waals surface area contributed by atoms with Gasteiger partial charge in [-0.15, -0.1) is 11.3 Å². The van der Waals surface area contributed by atoms with Crippen LogP contribution in [0.15, 0.2) is 29.2 Å². The van der Waals surface area contributed by atoms with Gasteiger partial charge in [-0.2, -0.15) is 5.26 Å². The Morgan fingerprint density at radius 1 is 1.26 bits per heavy atom. The van der Waals surface area contributed by atoms with Gasteiger partial charge < -0.3 is 0 Å². The van der Waals surface area contributed by atoms with Crippen molar-refractivity contribution in [3.63, 3.8) is 0 Å². The molecule has 0 saturated heterocycles. The Hall–Kier alpha value is -2.28. The van der Waals surface area contributed by atoms with Crippen molar-refractivity contribution < 1.29 is 13.2 Å². The Morgan fingerprint density at radius 3 is 2.89 bits per heavy atom. The summed E-state index contributed by atoms with van der Waals surface area (Å²) in [5.74, 6) is -0.395. The smallest absolute Gasteiger partial charge is 0.257 e. The number of rotatable bonds is 6. The second-order valence-corrected chi connectivity index (χ2v) is 9.09. The number of amides is 1. The zero-order chi connectivity index (χ0) is 19.3. The van der Waals surface area contributed by atoms with Gasteiger partial charge in [0.2, 0.25) is 10.0 Å². The number of nitrogens with zero attached hydrogens (tertiary/aromatic N) is 2. The van der Waals surface area contributed by atoms with Crippen molar-refractivity contribution in [2.75, 3.05) is 11.9 Å². The minimum Gasteiger partial charge on any atom is -0.298 e. The Labute approximate surface area is 162 Å². The lowest BCUT2D eigenvalue weighted by Gasteiger charge is -2.07. The van der Waals surface area contributed by atoms with E-state index in [-0.39, 0.29) is 23.4 Å². The maximum atomic E-state index is 12.5. The third kappa shape index (κ3) is 4.91. The van der Waals surface area contributed by atoms with Crippen LogP contribution in [0.25, 0.3) is 0 Å². The van der Waals surface area contributed by atoms with Gasteiger partial charge in [0.05, 0.1) is 16.7 Å². The van der Waals surface area contributed by atoms with Gasteiger partial charge in [0.25, 0.3) is 5.91 Å². The van der Waals surface area contributed by atoms with Crippen LogP contribution in [0.5, 0.6) is 0 Å². The van der Waals surface area contributed by atoms with Gasteiger partial charge >= 0.3 is 0 Å². The first-order valence-electron chi connectivity index (χ1n) is 8.76. The minimum atomic E-state index is -3.76. The van der Waals surface area contributed by atoms with E-state index in [4.69, 9.17) is 5.26 Å². The minimum absolute atomic E-state index is 0.0111. The molecule has 1 heterocycles. The van der Waals surface area contributed by atoms with Crippen molar-refractivity contribution in [2.24, 2.45) is 0 Å². The molecule has 2 aromatic rings. The number of carbonyl (C=O) groups is 1. The highest BCUT2D eigenvalue weighted by Crippen LogP contribution is 2.29. The molecule has 1 aromatic carbocycles. The summed E-state index contributed by atoms with van der Waals surface area (Å²) in [7, 11) is -3.76. The Balaban J connectivity index is 1.73. The molecular formula is C18H20N4O3S2. The molecule has 1 aliphatic carbocycles. The van der Waals surface area contributed by atoms with E-state index in [0.717, 1.165) is 31.4 Å². The largest absolute Gasteiger partial charge is 0.298 e. The number of anilines is 1. The summed E-state index contributed by atoms with van der Waals surface area (Å²) in [4.78, 5) is 18.3. The second kappa shape index (κ2) is 8.61. The third-order valence-corrected chi connectivity index (χ3v) is 6.78. The molecule has 0 spiro atoms. The molecule has 3 rings (SSSR count). The quantitative estimate of drug-likeness (QED) is 0.568. The first-order valence-corrected chi connectivity index (χ1v) is 11.1. The molecule has 2 N–H and O–H groups in total. The third-order valence-electron chi connectivity index (χ3n) is 4.25. The number of hydrogen-bond acceptors (Lipinski definition) is 6. The molecule has 0 unspecified atom stereocenters. The Bertz CT molecular complexity index is 953. The van der Waals surface area contributed by atoms with Gasteiger partial charge in [-0.1, -0.05) is 12.5 Å². The fourth-order valence-electron chi connectivity index (χ4n) is 2.88. The summed E-state index contributed by atoms with van der Waals surface area (Å²) in [6.07, 6.45) is 5.46. The molecule has 0 atom stereocenters. The lowest BCUT2D eigenvalue weighted by molar-refractivity contribution is 0.102. The van der Waals surface area contributed by atoms with Crippen molar-refractivity contribution in [3.05, 3.63) is 40.4 Å². The van der Waals surface area contributed by atoms with Gasteiger partial charge in [-0.3, -0.25) is 10.1 Å². The standard InChI is InChI=1S/C18H20N4O3S2/c19-10-5-11-20-27(24,25)14-7-4-6-13(12-14)17(23)22-18-21-15-8-2-1-3-9-16(15)26-18/h4,6-7,12,20H,1-3,5,8-9,11H2,(H,21,22,23). The average Bonchev–Trinajstić information content (AvgIpc) is 2.90. The van der Waals surface area contributed by atoms with Crippen molar-refractivity contribution in [1.82, 2.24) is 9.71 Å². The number of aryl methyl sites for hydroxylation is 2. The van der Waals surface area contributed by atoms with E-state index in [0.29, 0.717) is 5.13 Å². The summed E-state index contributed by atoms with van der Waals surface area (Å²) >= 11 is 1.49. The van der Waals surface area contributed by atoms with E-state index in [2.05, 4.69) is 15.0 Å². The van der Waals surface area contributed by atoms with Crippen LogP contribution in [0.2, 0.25) is 0 Å². The van der Waals surface area contributed by atoms with Gasteiger partial charge in [0.1, 0.15) is 0 Å². The summed E-state index contributed by atoms with van der Waals surface area (Å²) in [5.41, 5.74) is 1.30. The van der Waals surface area contributed by atoms with Crippen molar-refractivity contribution in [3.8, 4) is 6.07 Å². The average molecular weight is 405 g/mol. The molecule has 0 aliphatic heterocycles. The molecule has 27 heavy (non-hydrogen) atoms. The summed E-state index contributed by atoms with van der Waals surface area (Å²) in [6.45, 7) is 0.0277. The fourth-order valence-corrected chi connectivity index (χ4v) is 5.00. The number of fused-ring (bicyclic) bond motifs is 1. The molecule has 1 aliphatic rings. The molecule has 1 amide bonds. The van der Waals surface area contributed by atoms with E-state index in [9.17, 15) is 13.2 Å². The number of aromatic nitrogens is 1. The van der Waals surface area contributed by atoms with Gasteiger partial charge in [-0.05, 0) is 43.9 Å². The van der Waals surface area contributed by atoms with Gasteiger partial charge in [-0.25, -0.2) is 18.1 Å². The van der Waals surface area contributed by atoms with Crippen LogP contribution in [-0.4, -0.2) is 25.9 Å². The SMILES string of the molecule is N#CCCNS(=O)(=O)c1cccc(C(=O)Nc2nc3c(s2)CCCCC3)c1. The number of carbonyl (C=O) groups excluding carboxylic acids is 1. The molecule has 1 aromatic heterocycles. The zero-order valence-electron chi connectivity index (χ0n) is 14.7. The number of nitrogens with one attached hydrogen (secondary N) is 2. The van der Waals surface area contributed by atoms with Crippen LogP contribution in [0.1, 0.15) is 46.6 Å². The van der Waals surface area contributed by atoms with Gasteiger partial charge in [0, 0.05) is 23.4 Å².